The van der Waals surface area contributed by atoms with Crippen LogP contribution in [0, 0.1) is 0 Å². The summed E-state index contributed by atoms with van der Waals surface area (Å²) in [5.74, 6) is -0.324. The Morgan fingerprint density at radius 1 is 1.40 bits per heavy atom. The fraction of sp³-hybridized carbons (Fsp3) is 0.100. The highest BCUT2D eigenvalue weighted by Gasteiger charge is 2.10. The predicted molar refractivity (Wildman–Crippen MR) is 56.7 cm³/mol. The zero-order valence-corrected chi connectivity index (χ0v) is 8.82. The Labute approximate surface area is 90.5 Å². The molecular weight excluding hydrogens is 212 g/mol. The van der Waals surface area contributed by atoms with Gasteiger partial charge in [0.1, 0.15) is 10.6 Å². The maximum Gasteiger partial charge on any atom is 0.348 e. The molecule has 0 fully saturated rings. The zero-order chi connectivity index (χ0) is 10.7. The molecule has 0 saturated heterocycles. The van der Waals surface area contributed by atoms with Crippen molar-refractivity contribution >= 4 is 17.3 Å². The molecule has 2 aromatic rings. The van der Waals surface area contributed by atoms with Crippen LogP contribution in [0.5, 0.6) is 0 Å². The SMILES string of the molecule is COC(=O)c1ccc(-c2cccnn2)s1. The largest absolute Gasteiger partial charge is 0.465 e. The van der Waals surface area contributed by atoms with Crippen LogP contribution < -0.4 is 0 Å². The highest BCUT2D eigenvalue weighted by molar-refractivity contribution is 7.17. The number of ether oxygens (including phenoxy) is 1. The highest BCUT2D eigenvalue weighted by Crippen LogP contribution is 2.26. The van der Waals surface area contributed by atoms with Gasteiger partial charge in [0, 0.05) is 6.20 Å². The maximum atomic E-state index is 11.2. The second-order valence-electron chi connectivity index (χ2n) is 2.76. The summed E-state index contributed by atoms with van der Waals surface area (Å²) in [5.41, 5.74) is 0.762. The first-order valence-electron chi connectivity index (χ1n) is 4.27. The third kappa shape index (κ3) is 2.02. The first-order valence-corrected chi connectivity index (χ1v) is 5.09. The van der Waals surface area contributed by atoms with Gasteiger partial charge in [0.05, 0.1) is 12.0 Å². The summed E-state index contributed by atoms with van der Waals surface area (Å²) >= 11 is 1.34. The Morgan fingerprint density at radius 3 is 2.93 bits per heavy atom. The molecule has 2 rings (SSSR count). The van der Waals surface area contributed by atoms with Crippen molar-refractivity contribution in [1.82, 2.24) is 10.2 Å². The van der Waals surface area contributed by atoms with Gasteiger partial charge in [0.2, 0.25) is 0 Å². The maximum absolute atomic E-state index is 11.2. The van der Waals surface area contributed by atoms with E-state index in [4.69, 9.17) is 0 Å². The summed E-state index contributed by atoms with van der Waals surface area (Å²) in [7, 11) is 1.37. The van der Waals surface area contributed by atoms with Crippen molar-refractivity contribution < 1.29 is 9.53 Å². The van der Waals surface area contributed by atoms with Crippen LogP contribution in [0.1, 0.15) is 9.67 Å². The molecule has 2 aromatic heterocycles. The molecule has 0 bridgehead atoms. The quantitative estimate of drug-likeness (QED) is 0.726. The molecule has 0 aliphatic heterocycles. The highest BCUT2D eigenvalue weighted by atomic mass is 32.1. The van der Waals surface area contributed by atoms with Crippen molar-refractivity contribution in [1.29, 1.82) is 0 Å². The lowest BCUT2D eigenvalue weighted by molar-refractivity contribution is 0.0606. The van der Waals surface area contributed by atoms with E-state index in [1.807, 2.05) is 12.1 Å². The van der Waals surface area contributed by atoms with E-state index >= 15 is 0 Å². The lowest BCUT2D eigenvalue weighted by Crippen LogP contribution is -1.96. The molecule has 2 heterocycles. The van der Waals surface area contributed by atoms with Gasteiger partial charge < -0.3 is 4.74 Å². The predicted octanol–water partition coefficient (Wildman–Crippen LogP) is 1.99. The molecule has 76 valence electrons. The van der Waals surface area contributed by atoms with E-state index < -0.39 is 0 Å². The Hall–Kier alpha value is -1.75. The van der Waals surface area contributed by atoms with E-state index in [0.29, 0.717) is 4.88 Å². The van der Waals surface area contributed by atoms with Crippen molar-refractivity contribution in [2.24, 2.45) is 0 Å². The van der Waals surface area contributed by atoms with E-state index in [9.17, 15) is 4.79 Å². The van der Waals surface area contributed by atoms with Gasteiger partial charge in [0.25, 0.3) is 0 Å². The minimum atomic E-state index is -0.324. The van der Waals surface area contributed by atoms with Gasteiger partial charge in [-0.3, -0.25) is 0 Å². The molecule has 0 N–H and O–H groups in total. The molecule has 0 aliphatic carbocycles. The Kier molecular flexibility index (Phi) is 2.73. The number of rotatable bonds is 2. The Morgan fingerprint density at radius 2 is 2.27 bits per heavy atom. The number of aromatic nitrogens is 2. The van der Waals surface area contributed by atoms with E-state index in [1.165, 1.54) is 18.4 Å². The van der Waals surface area contributed by atoms with Crippen LogP contribution >= 0.6 is 11.3 Å². The number of nitrogens with zero attached hydrogens (tertiary/aromatic N) is 2. The van der Waals surface area contributed by atoms with E-state index in [0.717, 1.165) is 10.6 Å². The molecule has 0 amide bonds. The number of thiophene rings is 1. The minimum absolute atomic E-state index is 0.324. The number of hydrogen-bond acceptors (Lipinski definition) is 5. The van der Waals surface area contributed by atoms with Crippen LogP contribution in [0.15, 0.2) is 30.5 Å². The Bertz CT molecular complexity index is 467. The summed E-state index contributed by atoms with van der Waals surface area (Å²) in [6, 6.07) is 7.21. The molecule has 0 aromatic carbocycles. The van der Waals surface area contributed by atoms with Gasteiger partial charge in [-0.25, -0.2) is 4.79 Å². The fourth-order valence-corrected chi connectivity index (χ4v) is 2.01. The molecule has 4 nitrogen and oxygen atoms in total. The smallest absolute Gasteiger partial charge is 0.348 e. The molecular formula is C10H8N2O2S. The Balaban J connectivity index is 2.32. The van der Waals surface area contributed by atoms with Gasteiger partial charge in [0.15, 0.2) is 0 Å². The van der Waals surface area contributed by atoms with Crippen LogP contribution in [-0.4, -0.2) is 23.3 Å². The molecule has 0 saturated carbocycles. The van der Waals surface area contributed by atoms with Crippen molar-refractivity contribution in [3.63, 3.8) is 0 Å². The van der Waals surface area contributed by atoms with Crippen LogP contribution in [0.2, 0.25) is 0 Å². The van der Waals surface area contributed by atoms with Crippen molar-refractivity contribution in [3.05, 3.63) is 35.3 Å². The molecule has 5 heteroatoms. The van der Waals surface area contributed by atoms with Gasteiger partial charge in [-0.05, 0) is 24.3 Å². The monoisotopic (exact) mass is 220 g/mol. The second kappa shape index (κ2) is 4.18. The third-order valence-electron chi connectivity index (χ3n) is 1.82. The van der Waals surface area contributed by atoms with Crippen molar-refractivity contribution in [2.45, 2.75) is 0 Å². The number of hydrogen-bond donors (Lipinski definition) is 0. The summed E-state index contributed by atoms with van der Waals surface area (Å²) in [6.45, 7) is 0. The average Bonchev–Trinajstić information content (AvgIpc) is 2.78. The fourth-order valence-electron chi connectivity index (χ4n) is 1.12. The van der Waals surface area contributed by atoms with Crippen LogP contribution in [0.4, 0.5) is 0 Å². The van der Waals surface area contributed by atoms with E-state index in [1.54, 1.807) is 18.3 Å². The molecule has 0 atom stereocenters. The van der Waals surface area contributed by atoms with Gasteiger partial charge >= 0.3 is 5.97 Å². The molecule has 15 heavy (non-hydrogen) atoms. The number of carbonyl (C=O) groups excluding carboxylic acids is 1. The molecule has 0 radical (unpaired) electrons. The standard InChI is InChI=1S/C10H8N2O2S/c1-14-10(13)9-5-4-8(15-9)7-3-2-6-11-12-7/h2-6H,1H3. The molecule has 0 unspecified atom stereocenters. The first-order chi connectivity index (χ1) is 7.31. The van der Waals surface area contributed by atoms with E-state index in [-0.39, 0.29) is 5.97 Å². The average molecular weight is 220 g/mol. The summed E-state index contributed by atoms with van der Waals surface area (Å²) in [6.07, 6.45) is 1.61. The lowest BCUT2D eigenvalue weighted by atomic mass is 10.3. The summed E-state index contributed by atoms with van der Waals surface area (Å²) in [5, 5.41) is 7.73. The first kappa shape index (κ1) is 9.79. The number of esters is 1. The van der Waals surface area contributed by atoms with Crippen LogP contribution in [0.3, 0.4) is 0 Å². The van der Waals surface area contributed by atoms with Gasteiger partial charge in [-0.15, -0.1) is 16.4 Å². The van der Waals surface area contributed by atoms with Crippen molar-refractivity contribution in [2.75, 3.05) is 7.11 Å². The summed E-state index contributed by atoms with van der Waals surface area (Å²) < 4.78 is 4.62. The normalized spacial score (nSPS) is 9.93. The van der Waals surface area contributed by atoms with Crippen LogP contribution in [-0.2, 0) is 4.74 Å². The third-order valence-corrected chi connectivity index (χ3v) is 2.91. The van der Waals surface area contributed by atoms with Crippen molar-refractivity contribution in [3.8, 4) is 10.6 Å². The van der Waals surface area contributed by atoms with Gasteiger partial charge in [-0.2, -0.15) is 5.10 Å². The lowest BCUT2D eigenvalue weighted by Gasteiger charge is -1.93. The van der Waals surface area contributed by atoms with Gasteiger partial charge in [-0.1, -0.05) is 0 Å². The number of methoxy groups -OCH3 is 1. The molecule has 0 spiro atoms. The van der Waals surface area contributed by atoms with E-state index in [2.05, 4.69) is 14.9 Å². The summed E-state index contributed by atoms with van der Waals surface area (Å²) in [4.78, 5) is 12.7. The van der Waals surface area contributed by atoms with Crippen LogP contribution in [0.25, 0.3) is 10.6 Å². The molecule has 0 aliphatic rings. The number of carbonyl (C=O) groups is 1. The minimum Gasteiger partial charge on any atom is -0.465 e. The topological polar surface area (TPSA) is 52.1 Å². The zero-order valence-electron chi connectivity index (χ0n) is 8.01. The second-order valence-corrected chi connectivity index (χ2v) is 3.85.